The van der Waals surface area contributed by atoms with Gasteiger partial charge in [0.05, 0.1) is 6.61 Å². The second kappa shape index (κ2) is 4.00. The number of aromatic nitrogens is 1. The lowest BCUT2D eigenvalue weighted by molar-refractivity contribution is 0.278. The number of aliphatic hydroxyl groups excluding tert-OH is 1. The number of fused-ring (bicyclic) bond motifs is 1. The number of nitrogens with zero attached hydrogens (tertiary/aromatic N) is 1. The van der Waals surface area contributed by atoms with Crippen molar-refractivity contribution in [1.82, 2.24) is 4.57 Å². The maximum Gasteiger partial charge on any atom is 0.104 e. The Hall–Kier alpha value is -1.39. The van der Waals surface area contributed by atoms with Crippen LogP contribution in [0.3, 0.4) is 0 Å². The number of hydrogen-bond acceptors (Lipinski definition) is 2. The van der Waals surface area contributed by atoms with Gasteiger partial charge in [-0.05, 0) is 17.5 Å². The molecule has 0 spiro atoms. The van der Waals surface area contributed by atoms with Gasteiger partial charge in [-0.3, -0.25) is 0 Å². The van der Waals surface area contributed by atoms with Gasteiger partial charge in [0.25, 0.3) is 0 Å². The van der Waals surface area contributed by atoms with E-state index in [0.29, 0.717) is 11.5 Å². The minimum Gasteiger partial charge on any atom is -0.395 e. The normalized spacial score (nSPS) is 10.7. The number of benzene rings is 1. The van der Waals surface area contributed by atoms with Crippen LogP contribution >= 0.6 is 12.2 Å². The van der Waals surface area contributed by atoms with Crippen molar-refractivity contribution in [2.75, 3.05) is 6.61 Å². The second-order valence-corrected chi connectivity index (χ2v) is 3.81. The smallest absolute Gasteiger partial charge is 0.104 e. The van der Waals surface area contributed by atoms with Crippen molar-refractivity contribution in [1.29, 1.82) is 0 Å². The number of thiocarbonyl (C=S) groups is 1. The molecule has 15 heavy (non-hydrogen) atoms. The Labute approximate surface area is 93.1 Å². The first kappa shape index (κ1) is 10.1. The molecule has 0 bridgehead atoms. The minimum atomic E-state index is 0.126. The molecule has 0 aliphatic rings. The van der Waals surface area contributed by atoms with Gasteiger partial charge in [-0.15, -0.1) is 0 Å². The summed E-state index contributed by atoms with van der Waals surface area (Å²) in [4.78, 5) is 0.397. The van der Waals surface area contributed by atoms with Gasteiger partial charge >= 0.3 is 0 Å². The zero-order valence-corrected chi connectivity index (χ0v) is 9.00. The zero-order valence-electron chi connectivity index (χ0n) is 8.18. The first-order valence-electron chi connectivity index (χ1n) is 4.72. The van der Waals surface area contributed by atoms with Gasteiger partial charge in [-0.25, -0.2) is 0 Å². The lowest BCUT2D eigenvalue weighted by atomic mass is 10.1. The van der Waals surface area contributed by atoms with Gasteiger partial charge in [0.15, 0.2) is 0 Å². The Balaban J connectivity index is 2.56. The van der Waals surface area contributed by atoms with E-state index in [0.717, 1.165) is 16.5 Å². The summed E-state index contributed by atoms with van der Waals surface area (Å²) in [6, 6.07) is 7.85. The molecular formula is C11H12N2OS. The van der Waals surface area contributed by atoms with Crippen LogP contribution in [0.2, 0.25) is 0 Å². The molecule has 4 heteroatoms. The van der Waals surface area contributed by atoms with Crippen LogP contribution in [0, 0.1) is 0 Å². The molecule has 0 saturated carbocycles. The summed E-state index contributed by atoms with van der Waals surface area (Å²) in [7, 11) is 0. The van der Waals surface area contributed by atoms with Gasteiger partial charge in [-0.2, -0.15) is 0 Å². The average Bonchev–Trinajstić information content (AvgIpc) is 2.61. The van der Waals surface area contributed by atoms with Crippen LogP contribution in [0.25, 0.3) is 10.9 Å². The third kappa shape index (κ3) is 1.86. The van der Waals surface area contributed by atoms with E-state index in [2.05, 4.69) is 0 Å². The molecular weight excluding hydrogens is 208 g/mol. The largest absolute Gasteiger partial charge is 0.395 e. The van der Waals surface area contributed by atoms with Crippen molar-refractivity contribution < 1.29 is 5.11 Å². The number of hydrogen-bond donors (Lipinski definition) is 2. The number of nitrogens with two attached hydrogens (primary N) is 1. The maximum atomic E-state index is 8.90. The van der Waals surface area contributed by atoms with Gasteiger partial charge < -0.3 is 15.4 Å². The average molecular weight is 220 g/mol. The standard InChI is InChI=1S/C11H12N2OS/c12-11(15)9-2-1-8-3-4-13(5-6-14)10(8)7-9/h1-4,7,14H,5-6H2,(H2,12,15). The van der Waals surface area contributed by atoms with Crippen molar-refractivity contribution >= 4 is 28.1 Å². The molecule has 2 aromatic rings. The summed E-state index contributed by atoms with van der Waals surface area (Å²) < 4.78 is 1.98. The van der Waals surface area contributed by atoms with E-state index in [-0.39, 0.29) is 6.61 Å². The summed E-state index contributed by atoms with van der Waals surface area (Å²) >= 11 is 4.93. The van der Waals surface area contributed by atoms with Crippen molar-refractivity contribution in [3.8, 4) is 0 Å². The van der Waals surface area contributed by atoms with Crippen molar-refractivity contribution in [2.45, 2.75) is 6.54 Å². The molecule has 78 valence electrons. The highest BCUT2D eigenvalue weighted by Gasteiger charge is 2.03. The lowest BCUT2D eigenvalue weighted by Gasteiger charge is -2.04. The molecule has 0 aliphatic heterocycles. The van der Waals surface area contributed by atoms with E-state index in [4.69, 9.17) is 23.1 Å². The highest BCUT2D eigenvalue weighted by molar-refractivity contribution is 7.80. The topological polar surface area (TPSA) is 51.2 Å². The van der Waals surface area contributed by atoms with Gasteiger partial charge in [0.1, 0.15) is 4.99 Å². The first-order chi connectivity index (χ1) is 7.22. The van der Waals surface area contributed by atoms with Gasteiger partial charge in [-0.1, -0.05) is 24.4 Å². The zero-order chi connectivity index (χ0) is 10.8. The summed E-state index contributed by atoms with van der Waals surface area (Å²) in [5.74, 6) is 0. The molecule has 0 amide bonds. The van der Waals surface area contributed by atoms with Crippen molar-refractivity contribution in [3.63, 3.8) is 0 Å². The molecule has 1 heterocycles. The lowest BCUT2D eigenvalue weighted by Crippen LogP contribution is -2.09. The predicted molar refractivity (Wildman–Crippen MR) is 64.9 cm³/mol. The van der Waals surface area contributed by atoms with Crippen LogP contribution in [0.4, 0.5) is 0 Å². The fourth-order valence-corrected chi connectivity index (χ4v) is 1.77. The van der Waals surface area contributed by atoms with Crippen LogP contribution < -0.4 is 5.73 Å². The third-order valence-electron chi connectivity index (χ3n) is 2.40. The monoisotopic (exact) mass is 220 g/mol. The fourth-order valence-electron chi connectivity index (χ4n) is 1.64. The number of rotatable bonds is 3. The van der Waals surface area contributed by atoms with E-state index in [1.165, 1.54) is 0 Å². The van der Waals surface area contributed by atoms with Crippen molar-refractivity contribution in [2.24, 2.45) is 5.73 Å². The Kier molecular flexibility index (Phi) is 2.70. The maximum absolute atomic E-state index is 8.90. The molecule has 3 nitrogen and oxygen atoms in total. The molecule has 0 fully saturated rings. The predicted octanol–water partition coefficient (Wildman–Crippen LogP) is 1.27. The molecule has 2 rings (SSSR count). The Morgan fingerprint density at radius 2 is 2.20 bits per heavy atom. The summed E-state index contributed by atoms with van der Waals surface area (Å²) in [5, 5.41) is 10.0. The molecule has 0 atom stereocenters. The summed E-state index contributed by atoms with van der Waals surface area (Å²) in [6.45, 7) is 0.714. The van der Waals surface area contributed by atoms with E-state index in [1.807, 2.05) is 35.0 Å². The van der Waals surface area contributed by atoms with Crippen LogP contribution in [0.15, 0.2) is 30.5 Å². The van der Waals surface area contributed by atoms with E-state index in [9.17, 15) is 0 Å². The van der Waals surface area contributed by atoms with Crippen molar-refractivity contribution in [3.05, 3.63) is 36.0 Å². The number of aliphatic hydroxyl groups is 1. The van der Waals surface area contributed by atoms with Crippen LogP contribution in [0.1, 0.15) is 5.56 Å². The molecule has 1 aromatic heterocycles. The molecule has 0 radical (unpaired) electrons. The Morgan fingerprint density at radius 1 is 1.40 bits per heavy atom. The van der Waals surface area contributed by atoms with Crippen LogP contribution in [0.5, 0.6) is 0 Å². The minimum absolute atomic E-state index is 0.126. The SMILES string of the molecule is NC(=S)c1ccc2ccn(CCO)c2c1. The Bertz CT molecular complexity index is 504. The highest BCUT2D eigenvalue weighted by Crippen LogP contribution is 2.17. The fraction of sp³-hybridized carbons (Fsp3) is 0.182. The van der Waals surface area contributed by atoms with Gasteiger partial charge in [0.2, 0.25) is 0 Å². The summed E-state index contributed by atoms with van der Waals surface area (Å²) in [5.41, 5.74) is 7.48. The van der Waals surface area contributed by atoms with Crippen LogP contribution in [-0.4, -0.2) is 21.3 Å². The molecule has 1 aromatic carbocycles. The first-order valence-corrected chi connectivity index (χ1v) is 5.13. The van der Waals surface area contributed by atoms with E-state index >= 15 is 0 Å². The molecule has 0 saturated heterocycles. The third-order valence-corrected chi connectivity index (χ3v) is 2.64. The van der Waals surface area contributed by atoms with E-state index in [1.54, 1.807) is 0 Å². The second-order valence-electron chi connectivity index (χ2n) is 3.37. The molecule has 0 unspecified atom stereocenters. The molecule has 3 N–H and O–H groups in total. The van der Waals surface area contributed by atoms with Crippen LogP contribution in [-0.2, 0) is 6.54 Å². The Morgan fingerprint density at radius 3 is 2.87 bits per heavy atom. The highest BCUT2D eigenvalue weighted by atomic mass is 32.1. The quantitative estimate of drug-likeness (QED) is 0.766. The summed E-state index contributed by atoms with van der Waals surface area (Å²) in [6.07, 6.45) is 1.95. The van der Waals surface area contributed by atoms with Gasteiger partial charge in [0, 0.05) is 23.8 Å². The van der Waals surface area contributed by atoms with E-state index < -0.39 is 0 Å². The molecule has 0 aliphatic carbocycles.